The van der Waals surface area contributed by atoms with E-state index in [1.807, 2.05) is 6.92 Å². The van der Waals surface area contributed by atoms with Crippen LogP contribution in [0.25, 0.3) is 0 Å². The van der Waals surface area contributed by atoms with Crippen LogP contribution in [-0.2, 0) is 12.8 Å². The molecule has 0 saturated heterocycles. The van der Waals surface area contributed by atoms with E-state index in [4.69, 9.17) is 0 Å². The van der Waals surface area contributed by atoms with Crippen molar-refractivity contribution in [2.75, 3.05) is 0 Å². The van der Waals surface area contributed by atoms with Crippen molar-refractivity contribution in [1.82, 2.24) is 0 Å². The summed E-state index contributed by atoms with van der Waals surface area (Å²) in [5.41, 5.74) is 0.999. The van der Waals surface area contributed by atoms with E-state index in [0.29, 0.717) is 5.56 Å². The third kappa shape index (κ3) is 3.64. The molecule has 3 heteroatoms. The molecule has 0 amide bonds. The van der Waals surface area contributed by atoms with Gasteiger partial charge in [-0.05, 0) is 48.7 Å². The van der Waals surface area contributed by atoms with Gasteiger partial charge in [0.15, 0.2) is 0 Å². The van der Waals surface area contributed by atoms with Crippen LogP contribution in [0.4, 0.5) is 8.78 Å². The first-order valence-electron chi connectivity index (χ1n) is 6.58. The second-order valence-electron chi connectivity index (χ2n) is 5.51. The Kier molecular flexibility index (Phi) is 4.19. The van der Waals surface area contributed by atoms with Crippen molar-refractivity contribution < 1.29 is 13.9 Å². The predicted molar refractivity (Wildman–Crippen MR) is 75.6 cm³/mol. The maximum absolute atomic E-state index is 13.6. The summed E-state index contributed by atoms with van der Waals surface area (Å²) in [7, 11) is 0. The molecular weight excluding hydrogens is 258 g/mol. The summed E-state index contributed by atoms with van der Waals surface area (Å²) in [6, 6.07) is 10.9. The summed E-state index contributed by atoms with van der Waals surface area (Å²) < 4.78 is 26.9. The molecule has 20 heavy (non-hydrogen) atoms. The van der Waals surface area contributed by atoms with Crippen LogP contribution < -0.4 is 0 Å². The Hall–Kier alpha value is -1.74. The average molecular weight is 276 g/mol. The van der Waals surface area contributed by atoms with Crippen LogP contribution in [0.1, 0.15) is 23.6 Å². The van der Waals surface area contributed by atoms with Crippen molar-refractivity contribution in [2.24, 2.45) is 0 Å². The SMILES string of the molecule is Cc1ccc(F)cc1CC(C)(O)Cc1ccccc1F. The molecule has 0 aliphatic rings. The molecule has 0 heterocycles. The molecule has 0 aliphatic carbocycles. The fourth-order valence-electron chi connectivity index (χ4n) is 2.36. The highest BCUT2D eigenvalue weighted by atomic mass is 19.1. The largest absolute Gasteiger partial charge is 0.389 e. The van der Waals surface area contributed by atoms with Gasteiger partial charge in [0, 0.05) is 12.8 Å². The molecule has 0 radical (unpaired) electrons. The molecule has 2 aromatic carbocycles. The summed E-state index contributed by atoms with van der Waals surface area (Å²) >= 11 is 0. The highest BCUT2D eigenvalue weighted by Gasteiger charge is 2.24. The Morgan fingerprint density at radius 1 is 1.00 bits per heavy atom. The zero-order chi connectivity index (χ0) is 14.8. The summed E-state index contributed by atoms with van der Waals surface area (Å²) in [5, 5.41) is 10.5. The first kappa shape index (κ1) is 14.7. The second kappa shape index (κ2) is 5.71. The second-order valence-corrected chi connectivity index (χ2v) is 5.51. The maximum Gasteiger partial charge on any atom is 0.126 e. The first-order valence-corrected chi connectivity index (χ1v) is 6.58. The van der Waals surface area contributed by atoms with Gasteiger partial charge in [0.25, 0.3) is 0 Å². The van der Waals surface area contributed by atoms with E-state index in [0.717, 1.165) is 11.1 Å². The number of rotatable bonds is 4. The Balaban J connectivity index is 2.19. The zero-order valence-corrected chi connectivity index (χ0v) is 11.7. The monoisotopic (exact) mass is 276 g/mol. The number of hydrogen-bond donors (Lipinski definition) is 1. The zero-order valence-electron chi connectivity index (χ0n) is 11.7. The van der Waals surface area contributed by atoms with Crippen LogP contribution in [0.2, 0.25) is 0 Å². The molecular formula is C17H18F2O. The van der Waals surface area contributed by atoms with Crippen molar-refractivity contribution in [3.05, 3.63) is 70.8 Å². The molecule has 1 unspecified atom stereocenters. The van der Waals surface area contributed by atoms with Gasteiger partial charge in [-0.3, -0.25) is 0 Å². The highest BCUT2D eigenvalue weighted by Crippen LogP contribution is 2.22. The third-order valence-electron chi connectivity index (χ3n) is 3.41. The summed E-state index contributed by atoms with van der Waals surface area (Å²) in [6.07, 6.45) is 0.473. The van der Waals surface area contributed by atoms with Crippen molar-refractivity contribution in [3.8, 4) is 0 Å². The quantitative estimate of drug-likeness (QED) is 0.900. The van der Waals surface area contributed by atoms with Crippen LogP contribution in [0.3, 0.4) is 0 Å². The molecule has 0 aromatic heterocycles. The Labute approximate surface area is 117 Å². The molecule has 0 spiro atoms. The smallest absolute Gasteiger partial charge is 0.126 e. The van der Waals surface area contributed by atoms with E-state index in [1.165, 1.54) is 18.2 Å². The number of aliphatic hydroxyl groups is 1. The van der Waals surface area contributed by atoms with E-state index >= 15 is 0 Å². The molecule has 0 aliphatic heterocycles. The lowest BCUT2D eigenvalue weighted by molar-refractivity contribution is 0.0597. The standard InChI is InChI=1S/C17H18F2O/c1-12-7-8-15(18)9-14(12)11-17(2,20)10-13-5-3-4-6-16(13)19/h3-9,20H,10-11H2,1-2H3. The predicted octanol–water partition coefficient (Wildman–Crippen LogP) is 3.81. The fourth-order valence-corrected chi connectivity index (χ4v) is 2.36. The Morgan fingerprint density at radius 3 is 2.35 bits per heavy atom. The molecule has 1 N–H and O–H groups in total. The lowest BCUT2D eigenvalue weighted by atomic mass is 9.88. The van der Waals surface area contributed by atoms with Crippen LogP contribution >= 0.6 is 0 Å². The van der Waals surface area contributed by atoms with Crippen LogP contribution in [0, 0.1) is 18.6 Å². The summed E-state index contributed by atoms with van der Waals surface area (Å²) in [5.74, 6) is -0.656. The minimum Gasteiger partial charge on any atom is -0.389 e. The first-order chi connectivity index (χ1) is 9.37. The minimum atomic E-state index is -1.12. The van der Waals surface area contributed by atoms with Gasteiger partial charge in [0.1, 0.15) is 11.6 Å². The van der Waals surface area contributed by atoms with E-state index in [9.17, 15) is 13.9 Å². The molecule has 0 fully saturated rings. The molecule has 1 atom stereocenters. The number of aryl methyl sites for hydroxylation is 1. The van der Waals surface area contributed by atoms with E-state index < -0.39 is 5.60 Å². The molecule has 2 aromatic rings. The molecule has 0 bridgehead atoms. The van der Waals surface area contributed by atoms with Gasteiger partial charge in [-0.25, -0.2) is 8.78 Å². The summed E-state index contributed by atoms with van der Waals surface area (Å²) in [6.45, 7) is 3.51. The normalized spacial score (nSPS) is 14.1. The molecule has 106 valence electrons. The average Bonchev–Trinajstić information content (AvgIpc) is 2.36. The van der Waals surface area contributed by atoms with Crippen molar-refractivity contribution in [1.29, 1.82) is 0 Å². The van der Waals surface area contributed by atoms with Gasteiger partial charge < -0.3 is 5.11 Å². The van der Waals surface area contributed by atoms with Crippen molar-refractivity contribution in [3.63, 3.8) is 0 Å². The van der Waals surface area contributed by atoms with E-state index in [2.05, 4.69) is 0 Å². The van der Waals surface area contributed by atoms with Crippen molar-refractivity contribution in [2.45, 2.75) is 32.3 Å². The van der Waals surface area contributed by atoms with Gasteiger partial charge in [-0.1, -0.05) is 24.3 Å². The Morgan fingerprint density at radius 2 is 1.65 bits per heavy atom. The number of hydrogen-bond acceptors (Lipinski definition) is 1. The lowest BCUT2D eigenvalue weighted by Gasteiger charge is -2.24. The van der Waals surface area contributed by atoms with Crippen LogP contribution in [-0.4, -0.2) is 10.7 Å². The highest BCUT2D eigenvalue weighted by molar-refractivity contribution is 5.29. The maximum atomic E-state index is 13.6. The van der Waals surface area contributed by atoms with Gasteiger partial charge >= 0.3 is 0 Å². The number of benzene rings is 2. The lowest BCUT2D eigenvalue weighted by Crippen LogP contribution is -2.31. The fraction of sp³-hybridized carbons (Fsp3) is 0.294. The summed E-state index contributed by atoms with van der Waals surface area (Å²) in [4.78, 5) is 0. The van der Waals surface area contributed by atoms with Crippen LogP contribution in [0.15, 0.2) is 42.5 Å². The topological polar surface area (TPSA) is 20.2 Å². The van der Waals surface area contributed by atoms with Gasteiger partial charge in [-0.15, -0.1) is 0 Å². The van der Waals surface area contributed by atoms with Crippen molar-refractivity contribution >= 4 is 0 Å². The Bertz CT molecular complexity index is 606. The van der Waals surface area contributed by atoms with E-state index in [1.54, 1.807) is 31.2 Å². The molecule has 0 saturated carbocycles. The molecule has 1 nitrogen and oxygen atoms in total. The van der Waals surface area contributed by atoms with E-state index in [-0.39, 0.29) is 24.5 Å². The van der Waals surface area contributed by atoms with Gasteiger partial charge in [0.2, 0.25) is 0 Å². The third-order valence-corrected chi connectivity index (χ3v) is 3.41. The minimum absolute atomic E-state index is 0.190. The van der Waals surface area contributed by atoms with Gasteiger partial charge in [-0.2, -0.15) is 0 Å². The van der Waals surface area contributed by atoms with Gasteiger partial charge in [0.05, 0.1) is 5.60 Å². The molecule has 2 rings (SSSR count). The van der Waals surface area contributed by atoms with Crippen LogP contribution in [0.5, 0.6) is 0 Å². The number of halogens is 2.